The fourth-order valence-electron chi connectivity index (χ4n) is 4.67. The Hall–Kier alpha value is -0.383. The van der Waals surface area contributed by atoms with Crippen LogP contribution in [0.15, 0.2) is 0 Å². The first-order valence-electron chi connectivity index (χ1n) is 13.1. The molecule has 0 bridgehead atoms. The van der Waals surface area contributed by atoms with E-state index < -0.39 is 114 Å². The van der Waals surface area contributed by atoms with Crippen molar-refractivity contribution < 1.29 is 74.4 Å². The van der Waals surface area contributed by atoms with Crippen molar-refractivity contribution in [3.8, 4) is 0 Å². The van der Waals surface area contributed by atoms with Crippen LogP contribution in [-0.2, 0) is 28.4 Å². The maximum Gasteiger partial charge on any atom is 0.187 e. The average molecular weight is 589 g/mol. The van der Waals surface area contributed by atoms with Crippen LogP contribution in [0.5, 0.6) is 0 Å². The van der Waals surface area contributed by atoms with Gasteiger partial charge in [-0.3, -0.25) is 0 Å². The topological polar surface area (TPSA) is 237 Å². The Morgan fingerprint density at radius 2 is 1.21 bits per heavy atom. The molecule has 3 aliphatic heterocycles. The lowest BCUT2D eigenvalue weighted by molar-refractivity contribution is -0.362. The van der Waals surface area contributed by atoms with Gasteiger partial charge < -0.3 is 74.4 Å². The second kappa shape index (κ2) is 14.2. The van der Waals surface area contributed by atoms with Gasteiger partial charge in [0.1, 0.15) is 61.0 Å². The minimum Gasteiger partial charge on any atom is -0.394 e. The fraction of sp³-hybridized carbons (Fsp3) is 1.00. The molecular weight excluding hydrogens is 544 g/mol. The summed E-state index contributed by atoms with van der Waals surface area (Å²) in [5, 5.41) is 91.4. The monoisotopic (exact) mass is 588 g/mol. The number of hydrogen-bond acceptors (Lipinski definition) is 15. The van der Waals surface area contributed by atoms with E-state index >= 15 is 0 Å². The van der Waals surface area contributed by atoms with Crippen LogP contribution >= 0.6 is 0 Å². The predicted molar refractivity (Wildman–Crippen MR) is 132 cm³/mol. The van der Waals surface area contributed by atoms with Crippen molar-refractivity contribution in [1.82, 2.24) is 0 Å². The van der Waals surface area contributed by atoms with E-state index in [1.54, 1.807) is 0 Å². The maximum absolute atomic E-state index is 10.8. The molecular formula is C23H44O15Si. The zero-order valence-electron chi connectivity index (χ0n) is 22.3. The van der Waals surface area contributed by atoms with Gasteiger partial charge in [0, 0.05) is 21.1 Å². The quantitative estimate of drug-likeness (QED) is 0.104. The lowest BCUT2D eigenvalue weighted by atomic mass is 9.97. The smallest absolute Gasteiger partial charge is 0.187 e. The molecule has 39 heavy (non-hydrogen) atoms. The molecule has 3 heterocycles. The average Bonchev–Trinajstić information content (AvgIpc) is 2.88. The summed E-state index contributed by atoms with van der Waals surface area (Å²) in [6.45, 7) is 4.83. The molecule has 16 heteroatoms. The molecule has 0 spiro atoms. The number of ether oxygens (including phenoxy) is 6. The second-order valence-electron chi connectivity index (χ2n) is 11.4. The van der Waals surface area contributed by atoms with Gasteiger partial charge in [-0.05, 0) is 6.04 Å². The molecule has 0 unspecified atom stereocenters. The van der Waals surface area contributed by atoms with Crippen molar-refractivity contribution in [1.29, 1.82) is 0 Å². The zero-order valence-corrected chi connectivity index (χ0v) is 23.3. The third-order valence-corrected chi connectivity index (χ3v) is 8.79. The number of hydrogen-bond donors (Lipinski definition) is 9. The molecule has 14 atom stereocenters. The largest absolute Gasteiger partial charge is 0.394 e. The Morgan fingerprint density at radius 3 is 1.79 bits per heavy atom. The van der Waals surface area contributed by atoms with Crippen molar-refractivity contribution in [2.24, 2.45) is 0 Å². The lowest BCUT2D eigenvalue weighted by Crippen LogP contribution is -2.63. The lowest BCUT2D eigenvalue weighted by Gasteiger charge is -2.46. The number of aliphatic hydroxyl groups is 9. The SMILES string of the molecule is C[Si](C)(C)CCO[C@@H]1O[C@H](CO)[C@@H](O[C@H]2C[C@@H](O)[C@@H](O[C@H]3O[C@H](CO)[C@H](O)[C@H](O)[C@H]3O)[C@@H](CO)O2)[C@H](O)[C@H]1O. The van der Waals surface area contributed by atoms with Gasteiger partial charge in [-0.2, -0.15) is 0 Å². The van der Waals surface area contributed by atoms with Crippen molar-refractivity contribution in [2.75, 3.05) is 26.4 Å². The van der Waals surface area contributed by atoms with Gasteiger partial charge in [-0.25, -0.2) is 0 Å². The van der Waals surface area contributed by atoms with Crippen LogP contribution in [0.1, 0.15) is 6.42 Å². The summed E-state index contributed by atoms with van der Waals surface area (Å²) >= 11 is 0. The van der Waals surface area contributed by atoms with Crippen molar-refractivity contribution in [3.63, 3.8) is 0 Å². The molecule has 0 aromatic heterocycles. The highest BCUT2D eigenvalue weighted by Gasteiger charge is 2.50. The standard InChI is InChI=1S/C23H44O15Si/c1-39(2,3)5-4-33-22-19(32)17(30)21(13(9-26)36-22)37-14-6-10(27)20(12(8-25)34-14)38-23-18(31)16(29)15(28)11(7-24)35-23/h10-32H,4-9H2,1-3H3/t10-,11-,12-,13-,14+,15+,16+,17-,18-,19-,20-,21-,22-,23-/m1/s1. The van der Waals surface area contributed by atoms with E-state index in [2.05, 4.69) is 19.6 Å². The molecule has 3 saturated heterocycles. The van der Waals surface area contributed by atoms with Gasteiger partial charge in [0.05, 0.1) is 25.9 Å². The van der Waals surface area contributed by atoms with Crippen LogP contribution in [0.4, 0.5) is 0 Å². The molecule has 15 nitrogen and oxygen atoms in total. The van der Waals surface area contributed by atoms with Crippen molar-refractivity contribution >= 4 is 8.07 Å². The third kappa shape index (κ3) is 8.13. The van der Waals surface area contributed by atoms with Gasteiger partial charge in [0.2, 0.25) is 0 Å². The van der Waals surface area contributed by atoms with Crippen LogP contribution < -0.4 is 0 Å². The number of aliphatic hydroxyl groups excluding tert-OH is 9. The summed E-state index contributed by atoms with van der Waals surface area (Å²) in [6.07, 6.45) is -19.8. The summed E-state index contributed by atoms with van der Waals surface area (Å²) in [6, 6.07) is 0.794. The normalized spacial score (nSPS) is 45.8. The summed E-state index contributed by atoms with van der Waals surface area (Å²) < 4.78 is 33.6. The zero-order chi connectivity index (χ0) is 29.1. The molecule has 0 saturated carbocycles. The van der Waals surface area contributed by atoms with E-state index in [-0.39, 0.29) is 6.42 Å². The van der Waals surface area contributed by atoms with E-state index in [1.165, 1.54) is 0 Å². The van der Waals surface area contributed by atoms with E-state index in [1.807, 2.05) is 0 Å². The molecule has 3 fully saturated rings. The van der Waals surface area contributed by atoms with Gasteiger partial charge in [0.25, 0.3) is 0 Å². The van der Waals surface area contributed by atoms with Crippen LogP contribution in [0.3, 0.4) is 0 Å². The molecule has 230 valence electrons. The van der Waals surface area contributed by atoms with Gasteiger partial charge in [-0.15, -0.1) is 0 Å². The molecule has 9 N–H and O–H groups in total. The molecule has 0 radical (unpaired) electrons. The van der Waals surface area contributed by atoms with Crippen LogP contribution in [0, 0.1) is 0 Å². The Balaban J connectivity index is 1.61. The number of rotatable bonds is 11. The first-order chi connectivity index (χ1) is 18.3. The molecule has 0 aliphatic carbocycles. The highest BCUT2D eigenvalue weighted by molar-refractivity contribution is 6.76. The van der Waals surface area contributed by atoms with E-state index in [0.717, 1.165) is 6.04 Å². The summed E-state index contributed by atoms with van der Waals surface area (Å²) in [7, 11) is -1.43. The fourth-order valence-corrected chi connectivity index (χ4v) is 5.40. The summed E-state index contributed by atoms with van der Waals surface area (Å²) in [5.74, 6) is 0. The van der Waals surface area contributed by atoms with E-state index in [0.29, 0.717) is 6.61 Å². The van der Waals surface area contributed by atoms with Gasteiger partial charge in [-0.1, -0.05) is 19.6 Å². The Bertz CT molecular complexity index is 739. The first kappa shape index (κ1) is 33.1. The van der Waals surface area contributed by atoms with E-state index in [9.17, 15) is 46.0 Å². The Kier molecular flexibility index (Phi) is 12.1. The van der Waals surface area contributed by atoms with Gasteiger partial charge >= 0.3 is 0 Å². The molecule has 0 amide bonds. The Labute approximate surface area is 227 Å². The molecule has 3 rings (SSSR count). The summed E-state index contributed by atoms with van der Waals surface area (Å²) in [4.78, 5) is 0. The molecule has 0 aromatic rings. The molecule has 3 aliphatic rings. The minimum atomic E-state index is -1.73. The maximum atomic E-state index is 10.8. The first-order valence-corrected chi connectivity index (χ1v) is 16.8. The molecule has 0 aromatic carbocycles. The van der Waals surface area contributed by atoms with Crippen molar-refractivity contribution in [2.45, 2.75) is 118 Å². The Morgan fingerprint density at radius 1 is 0.641 bits per heavy atom. The highest BCUT2D eigenvalue weighted by Crippen LogP contribution is 2.32. The predicted octanol–water partition coefficient (Wildman–Crippen LogP) is -4.18. The summed E-state index contributed by atoms with van der Waals surface area (Å²) in [5.41, 5.74) is 0. The highest BCUT2D eigenvalue weighted by atomic mass is 28.3. The third-order valence-electron chi connectivity index (χ3n) is 7.09. The van der Waals surface area contributed by atoms with Crippen LogP contribution in [-0.4, -0.2) is 166 Å². The van der Waals surface area contributed by atoms with Gasteiger partial charge in [0.15, 0.2) is 18.9 Å². The van der Waals surface area contributed by atoms with Crippen LogP contribution in [0.25, 0.3) is 0 Å². The minimum absolute atomic E-state index is 0.258. The van der Waals surface area contributed by atoms with Crippen molar-refractivity contribution in [3.05, 3.63) is 0 Å². The van der Waals surface area contributed by atoms with Crippen LogP contribution in [0.2, 0.25) is 25.7 Å². The van der Waals surface area contributed by atoms with E-state index in [4.69, 9.17) is 28.4 Å². The second-order valence-corrected chi connectivity index (χ2v) is 17.0.